The molecule has 7 nitrogen and oxygen atoms in total. The molecule has 1 aromatic carbocycles. The molecular formula is C24H34N6O. The van der Waals surface area contributed by atoms with Crippen molar-refractivity contribution in [2.75, 3.05) is 13.1 Å². The molecule has 3 heterocycles. The fourth-order valence-corrected chi connectivity index (χ4v) is 4.53. The van der Waals surface area contributed by atoms with Crippen LogP contribution in [0, 0.1) is 19.8 Å². The smallest absolute Gasteiger partial charge is 0.253 e. The second-order valence-corrected chi connectivity index (χ2v) is 9.78. The number of aromatic amines is 1. The van der Waals surface area contributed by atoms with Crippen LogP contribution in [-0.4, -0.2) is 43.2 Å². The van der Waals surface area contributed by atoms with Gasteiger partial charge in [0, 0.05) is 10.9 Å². The lowest BCUT2D eigenvalue weighted by molar-refractivity contribution is 0.143. The lowest BCUT2D eigenvalue weighted by atomic mass is 9.94. The third-order valence-corrected chi connectivity index (χ3v) is 7.13. The third kappa shape index (κ3) is 3.91. The molecule has 0 radical (unpaired) electrons. The van der Waals surface area contributed by atoms with Crippen molar-refractivity contribution in [3.63, 3.8) is 0 Å². The molecule has 1 N–H and O–H groups in total. The highest BCUT2D eigenvalue weighted by Gasteiger charge is 2.35. The first kappa shape index (κ1) is 21.7. The van der Waals surface area contributed by atoms with Crippen LogP contribution in [0.3, 0.4) is 0 Å². The van der Waals surface area contributed by atoms with Gasteiger partial charge in [-0.2, -0.15) is 0 Å². The zero-order chi connectivity index (χ0) is 22.3. The Balaban J connectivity index is 1.93. The number of likely N-dealkylation sites (tertiary alicyclic amines) is 1. The molecule has 1 fully saturated rings. The van der Waals surface area contributed by atoms with Crippen molar-refractivity contribution >= 4 is 10.9 Å². The topological polar surface area (TPSA) is 79.7 Å². The third-order valence-electron chi connectivity index (χ3n) is 7.13. The molecule has 166 valence electrons. The summed E-state index contributed by atoms with van der Waals surface area (Å²) in [5, 5.41) is 13.9. The van der Waals surface area contributed by atoms with Crippen LogP contribution in [-0.2, 0) is 5.54 Å². The van der Waals surface area contributed by atoms with Crippen molar-refractivity contribution in [2.45, 2.75) is 72.4 Å². The molecule has 4 rings (SSSR count). The standard InChI is InChI=1S/C24H34N6O/c1-7-24(5,6)30-22(26-27-28-30)21(29-12-10-15(2)11-13-29)19-14-18-16(3)8-9-17(4)20(18)25-23(19)31/h8-9,14-15,21H,7,10-13H2,1-6H3,(H,25,31)/t21-/m0/s1. The Labute approximate surface area is 183 Å². The molecule has 1 saturated heterocycles. The first-order valence-electron chi connectivity index (χ1n) is 11.4. The van der Waals surface area contributed by atoms with Crippen LogP contribution in [0.5, 0.6) is 0 Å². The van der Waals surface area contributed by atoms with E-state index in [2.05, 4.69) is 78.2 Å². The molecule has 1 aliphatic heterocycles. The van der Waals surface area contributed by atoms with Crippen molar-refractivity contribution in [2.24, 2.45) is 5.92 Å². The summed E-state index contributed by atoms with van der Waals surface area (Å²) in [6, 6.07) is 5.96. The maximum Gasteiger partial charge on any atom is 0.253 e. The van der Waals surface area contributed by atoms with E-state index in [1.165, 1.54) is 0 Å². The normalized spacial score (nSPS) is 17.4. The van der Waals surface area contributed by atoms with Gasteiger partial charge >= 0.3 is 0 Å². The first-order valence-corrected chi connectivity index (χ1v) is 11.4. The van der Waals surface area contributed by atoms with Gasteiger partial charge < -0.3 is 4.98 Å². The maximum absolute atomic E-state index is 13.4. The number of benzene rings is 1. The molecular weight excluding hydrogens is 388 g/mol. The van der Waals surface area contributed by atoms with Gasteiger partial charge in [0.15, 0.2) is 5.82 Å². The van der Waals surface area contributed by atoms with Gasteiger partial charge in [0.05, 0.1) is 11.1 Å². The van der Waals surface area contributed by atoms with Crippen molar-refractivity contribution < 1.29 is 0 Å². The predicted octanol–water partition coefficient (Wildman–Crippen LogP) is 4.10. The molecule has 0 unspecified atom stereocenters. The molecule has 0 bridgehead atoms. The highest BCUT2D eigenvalue weighted by Crippen LogP contribution is 2.33. The van der Waals surface area contributed by atoms with Gasteiger partial charge in [-0.1, -0.05) is 26.0 Å². The van der Waals surface area contributed by atoms with E-state index in [1.807, 2.05) is 11.6 Å². The Kier molecular flexibility index (Phi) is 5.73. The fraction of sp³-hybridized carbons (Fsp3) is 0.583. The summed E-state index contributed by atoms with van der Waals surface area (Å²) in [7, 11) is 0. The van der Waals surface area contributed by atoms with Gasteiger partial charge in [-0.15, -0.1) is 5.10 Å². The van der Waals surface area contributed by atoms with Gasteiger partial charge in [-0.25, -0.2) is 4.68 Å². The minimum absolute atomic E-state index is 0.0614. The van der Waals surface area contributed by atoms with E-state index in [9.17, 15) is 4.79 Å². The highest BCUT2D eigenvalue weighted by molar-refractivity contribution is 5.85. The number of nitrogens with one attached hydrogen (secondary N) is 1. The maximum atomic E-state index is 13.4. The second kappa shape index (κ2) is 8.19. The summed E-state index contributed by atoms with van der Waals surface area (Å²) in [6.07, 6.45) is 3.11. The van der Waals surface area contributed by atoms with E-state index < -0.39 is 0 Å². The summed E-state index contributed by atoms with van der Waals surface area (Å²) in [5.74, 6) is 1.44. The highest BCUT2D eigenvalue weighted by atomic mass is 16.1. The minimum Gasteiger partial charge on any atom is -0.321 e. The predicted molar refractivity (Wildman–Crippen MR) is 123 cm³/mol. The van der Waals surface area contributed by atoms with Crippen molar-refractivity contribution in [3.8, 4) is 0 Å². The number of hydrogen-bond acceptors (Lipinski definition) is 5. The lowest BCUT2D eigenvalue weighted by Gasteiger charge is -2.37. The van der Waals surface area contributed by atoms with Crippen LogP contribution in [0.2, 0.25) is 0 Å². The summed E-state index contributed by atoms with van der Waals surface area (Å²) >= 11 is 0. The number of pyridine rings is 1. The summed E-state index contributed by atoms with van der Waals surface area (Å²) in [4.78, 5) is 19.0. The number of H-pyrrole nitrogens is 1. The van der Waals surface area contributed by atoms with Crippen LogP contribution in [0.1, 0.15) is 75.5 Å². The molecule has 0 aliphatic carbocycles. The van der Waals surface area contributed by atoms with E-state index in [0.29, 0.717) is 5.92 Å². The zero-order valence-corrected chi connectivity index (χ0v) is 19.6. The Bertz CT molecular complexity index is 1140. The average molecular weight is 423 g/mol. The molecule has 7 heteroatoms. The van der Waals surface area contributed by atoms with E-state index in [1.54, 1.807) is 0 Å². The Morgan fingerprint density at radius 2 is 1.87 bits per heavy atom. The number of aryl methyl sites for hydroxylation is 2. The van der Waals surface area contributed by atoms with Crippen molar-refractivity contribution in [1.29, 1.82) is 0 Å². The Morgan fingerprint density at radius 3 is 2.55 bits per heavy atom. The molecule has 0 amide bonds. The van der Waals surface area contributed by atoms with Gasteiger partial charge in [-0.3, -0.25) is 9.69 Å². The van der Waals surface area contributed by atoms with E-state index in [-0.39, 0.29) is 17.1 Å². The van der Waals surface area contributed by atoms with E-state index in [0.717, 1.165) is 65.8 Å². The average Bonchev–Trinajstić information content (AvgIpc) is 3.23. The summed E-state index contributed by atoms with van der Waals surface area (Å²) in [6.45, 7) is 14.7. The quantitative estimate of drug-likeness (QED) is 0.670. The van der Waals surface area contributed by atoms with Crippen LogP contribution in [0.15, 0.2) is 23.0 Å². The Hall–Kier alpha value is -2.54. The molecule has 31 heavy (non-hydrogen) atoms. The molecule has 1 atom stereocenters. The molecule has 3 aromatic rings. The number of hydrogen-bond donors (Lipinski definition) is 1. The fourth-order valence-electron chi connectivity index (χ4n) is 4.53. The number of aromatic nitrogens is 5. The van der Waals surface area contributed by atoms with Crippen LogP contribution in [0.4, 0.5) is 0 Å². The van der Waals surface area contributed by atoms with Crippen molar-refractivity contribution in [1.82, 2.24) is 30.1 Å². The molecule has 0 spiro atoms. The van der Waals surface area contributed by atoms with Crippen LogP contribution in [0.25, 0.3) is 10.9 Å². The number of fused-ring (bicyclic) bond motifs is 1. The largest absolute Gasteiger partial charge is 0.321 e. The van der Waals surface area contributed by atoms with Crippen LogP contribution >= 0.6 is 0 Å². The molecule has 1 aliphatic rings. The van der Waals surface area contributed by atoms with E-state index >= 15 is 0 Å². The molecule has 2 aromatic heterocycles. The number of tetrazole rings is 1. The molecule has 0 saturated carbocycles. The van der Waals surface area contributed by atoms with Crippen LogP contribution < -0.4 is 5.56 Å². The van der Waals surface area contributed by atoms with Gasteiger partial charge in [0.1, 0.15) is 6.04 Å². The lowest BCUT2D eigenvalue weighted by Crippen LogP contribution is -2.41. The number of piperidine rings is 1. The number of nitrogens with zero attached hydrogens (tertiary/aromatic N) is 5. The number of rotatable bonds is 5. The van der Waals surface area contributed by atoms with Gasteiger partial charge in [0.2, 0.25) is 0 Å². The minimum atomic E-state index is -0.276. The monoisotopic (exact) mass is 422 g/mol. The SMILES string of the molecule is CCC(C)(C)n1nnnc1[C@H](c1cc2c(C)ccc(C)c2[nH]c1=O)N1CCC(C)CC1. The van der Waals surface area contributed by atoms with E-state index in [4.69, 9.17) is 0 Å². The van der Waals surface area contributed by atoms with Gasteiger partial charge in [0.25, 0.3) is 5.56 Å². The summed E-state index contributed by atoms with van der Waals surface area (Å²) in [5.41, 5.74) is 3.55. The first-order chi connectivity index (χ1) is 14.7. The van der Waals surface area contributed by atoms with Crippen molar-refractivity contribution in [3.05, 3.63) is 51.1 Å². The second-order valence-electron chi connectivity index (χ2n) is 9.78. The zero-order valence-electron chi connectivity index (χ0n) is 19.6. The van der Waals surface area contributed by atoms with Gasteiger partial charge in [-0.05, 0) is 93.6 Å². The summed E-state index contributed by atoms with van der Waals surface area (Å²) < 4.78 is 1.92. The Morgan fingerprint density at radius 1 is 1.19 bits per heavy atom.